The second-order valence-electron chi connectivity index (χ2n) is 8.19. The van der Waals surface area contributed by atoms with E-state index in [1.165, 1.54) is 25.7 Å². The molecule has 2 saturated heterocycles. The molecular weight excluding hydrogens is 356 g/mol. The maximum absolute atomic E-state index is 12.8. The minimum absolute atomic E-state index is 0.0706. The molecule has 4 rings (SSSR count). The fourth-order valence-corrected chi connectivity index (χ4v) is 4.64. The lowest BCUT2D eigenvalue weighted by atomic mass is 10.0. The van der Waals surface area contributed by atoms with Crippen LogP contribution in [0.15, 0.2) is 18.2 Å². The second-order valence-corrected chi connectivity index (χ2v) is 8.19. The van der Waals surface area contributed by atoms with Gasteiger partial charge in [-0.15, -0.1) is 0 Å². The second kappa shape index (κ2) is 9.14. The Kier molecular flexibility index (Phi) is 6.37. The van der Waals surface area contributed by atoms with Crippen LogP contribution in [0.3, 0.4) is 0 Å². The summed E-state index contributed by atoms with van der Waals surface area (Å²) in [6.45, 7) is 3.45. The zero-order valence-corrected chi connectivity index (χ0v) is 16.8. The monoisotopic (exact) mass is 388 g/mol. The van der Waals surface area contributed by atoms with E-state index in [0.29, 0.717) is 30.3 Å². The molecule has 0 bridgehead atoms. The molecule has 0 unspecified atom stereocenters. The third-order valence-electron chi connectivity index (χ3n) is 6.31. The zero-order chi connectivity index (χ0) is 19.3. The van der Waals surface area contributed by atoms with Gasteiger partial charge in [0.05, 0.1) is 25.3 Å². The summed E-state index contributed by atoms with van der Waals surface area (Å²) in [5.74, 6) is 1.19. The average molecular weight is 389 g/mol. The molecule has 6 heteroatoms. The number of amides is 1. The Morgan fingerprint density at radius 3 is 2.61 bits per heavy atom. The van der Waals surface area contributed by atoms with Gasteiger partial charge in [-0.25, -0.2) is 0 Å². The van der Waals surface area contributed by atoms with Gasteiger partial charge in [0.1, 0.15) is 17.6 Å². The summed E-state index contributed by atoms with van der Waals surface area (Å²) in [5, 5.41) is 3.06. The number of carbonyl (C=O) groups excluding carboxylic acids is 1. The van der Waals surface area contributed by atoms with Crippen LogP contribution in [0, 0.1) is 0 Å². The van der Waals surface area contributed by atoms with Crippen LogP contribution in [-0.4, -0.2) is 62.4 Å². The van der Waals surface area contributed by atoms with E-state index < -0.39 is 0 Å². The maximum Gasteiger partial charge on any atom is 0.255 e. The van der Waals surface area contributed by atoms with Crippen molar-refractivity contribution in [2.24, 2.45) is 0 Å². The van der Waals surface area contributed by atoms with Gasteiger partial charge < -0.3 is 24.4 Å². The number of likely N-dealkylation sites (tertiary alicyclic amines) is 1. The van der Waals surface area contributed by atoms with E-state index in [-0.39, 0.29) is 18.1 Å². The third-order valence-corrected chi connectivity index (χ3v) is 6.31. The first-order valence-electron chi connectivity index (χ1n) is 10.7. The molecule has 1 N–H and O–H groups in total. The van der Waals surface area contributed by atoms with Gasteiger partial charge in [-0.2, -0.15) is 0 Å². The first-order valence-corrected chi connectivity index (χ1v) is 10.7. The van der Waals surface area contributed by atoms with E-state index in [4.69, 9.17) is 14.2 Å². The van der Waals surface area contributed by atoms with Crippen molar-refractivity contribution in [1.29, 1.82) is 0 Å². The third kappa shape index (κ3) is 4.61. The number of ether oxygens (including phenoxy) is 3. The maximum atomic E-state index is 12.8. The largest absolute Gasteiger partial charge is 0.497 e. The highest BCUT2D eigenvalue weighted by Crippen LogP contribution is 2.30. The highest BCUT2D eigenvalue weighted by molar-refractivity contribution is 5.97. The molecule has 1 aromatic rings. The lowest BCUT2D eigenvalue weighted by molar-refractivity contribution is 0.0747. The molecule has 0 spiro atoms. The number of hydrogen-bond donors (Lipinski definition) is 1. The standard InChI is InChI=1S/C22H32N2O4/c1-26-19-6-7-21(20(14-19)22(25)23-16-10-13-27-15-16)28-18-8-11-24(12-9-18)17-4-2-3-5-17/h6-7,14,16-18H,2-5,8-13,15H2,1H3,(H,23,25)/t16-/m0/s1. The van der Waals surface area contributed by atoms with Crippen molar-refractivity contribution < 1.29 is 19.0 Å². The van der Waals surface area contributed by atoms with Crippen molar-refractivity contribution in [2.75, 3.05) is 33.4 Å². The van der Waals surface area contributed by atoms with Gasteiger partial charge in [-0.3, -0.25) is 4.79 Å². The molecule has 1 saturated carbocycles. The van der Waals surface area contributed by atoms with Crippen LogP contribution in [0.2, 0.25) is 0 Å². The van der Waals surface area contributed by atoms with Crippen molar-refractivity contribution in [3.63, 3.8) is 0 Å². The van der Waals surface area contributed by atoms with Crippen LogP contribution >= 0.6 is 0 Å². The van der Waals surface area contributed by atoms with Gasteiger partial charge >= 0.3 is 0 Å². The molecule has 28 heavy (non-hydrogen) atoms. The first-order chi connectivity index (χ1) is 13.7. The van der Waals surface area contributed by atoms with Crippen LogP contribution < -0.4 is 14.8 Å². The smallest absolute Gasteiger partial charge is 0.255 e. The number of benzene rings is 1. The number of nitrogens with one attached hydrogen (secondary N) is 1. The van der Waals surface area contributed by atoms with Crippen molar-refractivity contribution >= 4 is 5.91 Å². The summed E-state index contributed by atoms with van der Waals surface area (Å²) in [6.07, 6.45) is 8.48. The number of methoxy groups -OCH3 is 1. The Bertz CT molecular complexity index is 661. The average Bonchev–Trinajstić information content (AvgIpc) is 3.43. The van der Waals surface area contributed by atoms with Gasteiger partial charge in [0.25, 0.3) is 5.91 Å². The number of piperidine rings is 1. The van der Waals surface area contributed by atoms with Gasteiger partial charge in [-0.05, 0) is 50.3 Å². The molecule has 1 atom stereocenters. The molecule has 0 radical (unpaired) electrons. The Morgan fingerprint density at radius 2 is 1.93 bits per heavy atom. The van der Waals surface area contributed by atoms with Crippen LogP contribution in [0.1, 0.15) is 55.3 Å². The molecule has 1 aliphatic carbocycles. The van der Waals surface area contributed by atoms with Crippen LogP contribution in [0.25, 0.3) is 0 Å². The minimum Gasteiger partial charge on any atom is -0.497 e. The van der Waals surface area contributed by atoms with E-state index in [9.17, 15) is 4.79 Å². The molecule has 0 aromatic heterocycles. The highest BCUT2D eigenvalue weighted by atomic mass is 16.5. The van der Waals surface area contributed by atoms with E-state index in [1.54, 1.807) is 13.2 Å². The van der Waals surface area contributed by atoms with Gasteiger partial charge in [0, 0.05) is 25.7 Å². The lowest BCUT2D eigenvalue weighted by Gasteiger charge is -2.36. The van der Waals surface area contributed by atoms with Gasteiger partial charge in [0.15, 0.2) is 0 Å². The Balaban J connectivity index is 1.40. The predicted octanol–water partition coefficient (Wildman–Crippen LogP) is 3.00. The molecule has 3 fully saturated rings. The van der Waals surface area contributed by atoms with E-state index in [1.807, 2.05) is 12.1 Å². The Hall–Kier alpha value is -1.79. The molecule has 3 aliphatic rings. The summed E-state index contributed by atoms with van der Waals surface area (Å²) in [4.78, 5) is 15.5. The summed E-state index contributed by atoms with van der Waals surface area (Å²) in [7, 11) is 1.61. The zero-order valence-electron chi connectivity index (χ0n) is 16.8. The first kappa shape index (κ1) is 19.5. The molecule has 154 valence electrons. The molecule has 2 aliphatic heterocycles. The summed E-state index contributed by atoms with van der Waals surface area (Å²) < 4.78 is 17.0. The molecule has 1 amide bonds. The summed E-state index contributed by atoms with van der Waals surface area (Å²) >= 11 is 0. The van der Waals surface area contributed by atoms with Crippen molar-refractivity contribution in [2.45, 2.75) is 63.1 Å². The Morgan fingerprint density at radius 1 is 1.14 bits per heavy atom. The lowest BCUT2D eigenvalue weighted by Crippen LogP contribution is -2.43. The minimum atomic E-state index is -0.118. The van der Waals surface area contributed by atoms with Gasteiger partial charge in [-0.1, -0.05) is 12.8 Å². The van der Waals surface area contributed by atoms with Crippen LogP contribution in [0.4, 0.5) is 0 Å². The number of nitrogens with zero attached hydrogens (tertiary/aromatic N) is 1. The SMILES string of the molecule is COc1ccc(OC2CCN(C3CCCC3)CC2)c(C(=O)N[C@H]2CCOC2)c1. The number of hydrogen-bond acceptors (Lipinski definition) is 5. The fraction of sp³-hybridized carbons (Fsp3) is 0.682. The van der Waals surface area contributed by atoms with E-state index in [2.05, 4.69) is 10.2 Å². The highest BCUT2D eigenvalue weighted by Gasteiger charge is 2.29. The van der Waals surface area contributed by atoms with Gasteiger partial charge in [0.2, 0.25) is 0 Å². The Labute approximate surface area is 167 Å². The van der Waals surface area contributed by atoms with E-state index in [0.717, 1.165) is 38.4 Å². The summed E-state index contributed by atoms with van der Waals surface area (Å²) in [6, 6.07) is 6.34. The number of rotatable bonds is 6. The quantitative estimate of drug-likeness (QED) is 0.812. The molecule has 1 aromatic carbocycles. The summed E-state index contributed by atoms with van der Waals surface area (Å²) in [5.41, 5.74) is 0.546. The predicted molar refractivity (Wildman–Crippen MR) is 107 cm³/mol. The van der Waals surface area contributed by atoms with Crippen LogP contribution in [-0.2, 0) is 4.74 Å². The topological polar surface area (TPSA) is 60.0 Å². The molecular formula is C22H32N2O4. The molecule has 2 heterocycles. The van der Waals surface area contributed by atoms with Crippen LogP contribution in [0.5, 0.6) is 11.5 Å². The van der Waals surface area contributed by atoms with Crippen molar-refractivity contribution in [3.8, 4) is 11.5 Å². The molecule has 6 nitrogen and oxygen atoms in total. The van der Waals surface area contributed by atoms with Crippen molar-refractivity contribution in [3.05, 3.63) is 23.8 Å². The number of carbonyl (C=O) groups is 1. The van der Waals surface area contributed by atoms with Crippen molar-refractivity contribution in [1.82, 2.24) is 10.2 Å². The fourth-order valence-electron chi connectivity index (χ4n) is 4.64. The van der Waals surface area contributed by atoms with E-state index >= 15 is 0 Å². The normalized spacial score (nSPS) is 24.4.